The quantitative estimate of drug-likeness (QED) is 0.832. The van der Waals surface area contributed by atoms with E-state index in [0.29, 0.717) is 17.8 Å². The molecule has 3 N–H and O–H groups in total. The molecule has 0 saturated carbocycles. The van der Waals surface area contributed by atoms with Gasteiger partial charge in [-0.05, 0) is 18.2 Å². The molecule has 1 amide bonds. The van der Waals surface area contributed by atoms with Crippen molar-refractivity contribution in [2.75, 3.05) is 31.3 Å². The molecule has 1 aromatic carbocycles. The van der Waals surface area contributed by atoms with Crippen LogP contribution in [0, 0.1) is 0 Å². The molecule has 0 fully saturated rings. The number of carbonyl (C=O) groups is 1. The minimum absolute atomic E-state index is 0.116. The van der Waals surface area contributed by atoms with Crippen molar-refractivity contribution in [3.63, 3.8) is 0 Å². The van der Waals surface area contributed by atoms with E-state index in [1.807, 2.05) is 37.4 Å². The number of hydrogen-bond acceptors (Lipinski definition) is 5. The van der Waals surface area contributed by atoms with Gasteiger partial charge >= 0.3 is 0 Å². The zero-order valence-electron chi connectivity index (χ0n) is 12.5. The maximum Gasteiger partial charge on any atom is 0.253 e. The second-order valence-corrected chi connectivity index (χ2v) is 6.08. The average molecular weight is 304 g/mol. The van der Waals surface area contributed by atoms with Gasteiger partial charge in [-0.2, -0.15) is 0 Å². The molecule has 2 rings (SSSR count). The van der Waals surface area contributed by atoms with Crippen LogP contribution in [0.4, 0.5) is 11.4 Å². The summed E-state index contributed by atoms with van der Waals surface area (Å²) < 4.78 is 0. The first-order chi connectivity index (χ1) is 9.99. The lowest BCUT2D eigenvalue weighted by atomic mass is 10.1. The number of nitrogens with zero attached hydrogens (tertiary/aromatic N) is 2. The lowest BCUT2D eigenvalue weighted by Gasteiger charge is -2.18. The molecule has 1 heterocycles. The van der Waals surface area contributed by atoms with Gasteiger partial charge < -0.3 is 16.0 Å². The van der Waals surface area contributed by atoms with Crippen molar-refractivity contribution in [1.29, 1.82) is 0 Å². The fraction of sp³-hybridized carbons (Fsp3) is 0.333. The monoisotopic (exact) mass is 304 g/mol. The van der Waals surface area contributed by atoms with Gasteiger partial charge in [0.2, 0.25) is 0 Å². The largest absolute Gasteiger partial charge is 0.399 e. The Balaban J connectivity index is 2.08. The van der Waals surface area contributed by atoms with Gasteiger partial charge in [0.15, 0.2) is 0 Å². The summed E-state index contributed by atoms with van der Waals surface area (Å²) in [6, 6.07) is 5.36. The zero-order chi connectivity index (χ0) is 15.4. The Morgan fingerprint density at radius 3 is 2.86 bits per heavy atom. The van der Waals surface area contributed by atoms with Crippen molar-refractivity contribution >= 4 is 28.6 Å². The van der Waals surface area contributed by atoms with E-state index in [1.165, 1.54) is 0 Å². The van der Waals surface area contributed by atoms with Crippen molar-refractivity contribution in [2.24, 2.45) is 0 Å². The van der Waals surface area contributed by atoms with Gasteiger partial charge in [-0.25, -0.2) is 4.98 Å². The molecule has 1 unspecified atom stereocenters. The lowest BCUT2D eigenvalue weighted by molar-refractivity contribution is 0.0952. The van der Waals surface area contributed by atoms with Crippen LogP contribution >= 0.6 is 11.3 Å². The number of carbonyl (C=O) groups excluding carboxylic acids is 1. The van der Waals surface area contributed by atoms with E-state index >= 15 is 0 Å². The van der Waals surface area contributed by atoms with Crippen LogP contribution in [0.1, 0.15) is 28.2 Å². The maximum atomic E-state index is 12.4. The number of thiazole rings is 1. The molecule has 5 nitrogen and oxygen atoms in total. The van der Waals surface area contributed by atoms with Crippen LogP contribution in [0.15, 0.2) is 29.8 Å². The number of nitrogens with two attached hydrogens (primary N) is 1. The van der Waals surface area contributed by atoms with E-state index in [2.05, 4.69) is 10.3 Å². The van der Waals surface area contributed by atoms with Crippen LogP contribution < -0.4 is 16.0 Å². The first-order valence-corrected chi connectivity index (χ1v) is 7.61. The highest BCUT2D eigenvalue weighted by Gasteiger charge is 2.15. The molecule has 0 aliphatic heterocycles. The first-order valence-electron chi connectivity index (χ1n) is 6.73. The highest BCUT2D eigenvalue weighted by Crippen LogP contribution is 2.22. The molecule has 2 aromatic rings. The first kappa shape index (κ1) is 15.3. The standard InChI is InChI=1S/C15H20N4OS/c1-10(15-17-6-7-21-15)9-18-14(20)12-8-11(16)4-5-13(12)19(2)3/h4-8,10H,9,16H2,1-3H3,(H,18,20). The van der Waals surface area contributed by atoms with Crippen molar-refractivity contribution < 1.29 is 4.79 Å². The minimum Gasteiger partial charge on any atom is -0.399 e. The maximum absolute atomic E-state index is 12.4. The van der Waals surface area contributed by atoms with Gasteiger partial charge in [-0.15, -0.1) is 11.3 Å². The molecule has 112 valence electrons. The third-order valence-corrected chi connectivity index (χ3v) is 4.20. The van der Waals surface area contributed by atoms with Crippen LogP contribution in [-0.2, 0) is 0 Å². The van der Waals surface area contributed by atoms with E-state index in [1.54, 1.807) is 29.7 Å². The Morgan fingerprint density at radius 1 is 1.48 bits per heavy atom. The summed E-state index contributed by atoms with van der Waals surface area (Å²) in [6.45, 7) is 2.60. The number of benzene rings is 1. The van der Waals surface area contributed by atoms with Gasteiger partial charge in [-0.1, -0.05) is 6.92 Å². The summed E-state index contributed by atoms with van der Waals surface area (Å²) in [7, 11) is 3.81. The smallest absolute Gasteiger partial charge is 0.253 e. The van der Waals surface area contributed by atoms with Crippen LogP contribution in [0.5, 0.6) is 0 Å². The number of anilines is 2. The predicted octanol–water partition coefficient (Wildman–Crippen LogP) is 2.32. The van der Waals surface area contributed by atoms with Crippen molar-refractivity contribution in [3.05, 3.63) is 40.3 Å². The molecule has 0 bridgehead atoms. The fourth-order valence-electron chi connectivity index (χ4n) is 2.03. The third kappa shape index (κ3) is 3.72. The van der Waals surface area contributed by atoms with E-state index in [0.717, 1.165) is 10.7 Å². The van der Waals surface area contributed by atoms with Crippen LogP contribution in [0.25, 0.3) is 0 Å². The topological polar surface area (TPSA) is 71.2 Å². The summed E-state index contributed by atoms with van der Waals surface area (Å²) in [5.74, 6) is 0.0761. The Kier molecular flexibility index (Phi) is 4.80. The number of nitrogen functional groups attached to an aromatic ring is 1. The van der Waals surface area contributed by atoms with E-state index < -0.39 is 0 Å². The molecule has 21 heavy (non-hydrogen) atoms. The molecule has 0 aliphatic carbocycles. The molecule has 1 aromatic heterocycles. The van der Waals surface area contributed by atoms with Crippen LogP contribution in [0.2, 0.25) is 0 Å². The molecule has 6 heteroatoms. The van der Waals surface area contributed by atoms with Gasteiger partial charge in [0.05, 0.1) is 10.6 Å². The summed E-state index contributed by atoms with van der Waals surface area (Å²) in [6.07, 6.45) is 1.78. The average Bonchev–Trinajstić information content (AvgIpc) is 2.98. The normalized spacial score (nSPS) is 12.0. The Morgan fingerprint density at radius 2 is 2.24 bits per heavy atom. The Bertz CT molecular complexity index is 610. The van der Waals surface area contributed by atoms with E-state index in [9.17, 15) is 4.79 Å². The third-order valence-electron chi connectivity index (χ3n) is 3.19. The van der Waals surface area contributed by atoms with Crippen LogP contribution in [-0.4, -0.2) is 31.5 Å². The predicted molar refractivity (Wildman–Crippen MR) is 88.0 cm³/mol. The van der Waals surface area contributed by atoms with Crippen molar-refractivity contribution in [1.82, 2.24) is 10.3 Å². The zero-order valence-corrected chi connectivity index (χ0v) is 13.3. The van der Waals surface area contributed by atoms with Gasteiger partial charge in [0.1, 0.15) is 0 Å². The minimum atomic E-state index is -0.116. The van der Waals surface area contributed by atoms with Crippen molar-refractivity contribution in [2.45, 2.75) is 12.8 Å². The van der Waals surface area contributed by atoms with E-state index in [4.69, 9.17) is 5.73 Å². The Hall–Kier alpha value is -2.08. The number of hydrogen-bond donors (Lipinski definition) is 2. The SMILES string of the molecule is CC(CNC(=O)c1cc(N)ccc1N(C)C)c1nccs1. The number of amides is 1. The van der Waals surface area contributed by atoms with Gasteiger partial charge in [0.25, 0.3) is 5.91 Å². The molecule has 0 spiro atoms. The van der Waals surface area contributed by atoms with Gasteiger partial charge in [0, 0.05) is 49.5 Å². The second-order valence-electron chi connectivity index (χ2n) is 5.15. The highest BCUT2D eigenvalue weighted by atomic mass is 32.1. The van der Waals surface area contributed by atoms with Crippen molar-refractivity contribution in [3.8, 4) is 0 Å². The molecular formula is C15H20N4OS. The molecular weight excluding hydrogens is 284 g/mol. The Labute approximate surface area is 128 Å². The molecule has 1 atom stereocenters. The fourth-order valence-corrected chi connectivity index (χ4v) is 2.73. The second kappa shape index (κ2) is 6.58. The van der Waals surface area contributed by atoms with Crippen LogP contribution in [0.3, 0.4) is 0 Å². The number of nitrogens with one attached hydrogen (secondary N) is 1. The lowest BCUT2D eigenvalue weighted by Crippen LogP contribution is -2.29. The summed E-state index contributed by atoms with van der Waals surface area (Å²) in [5, 5.41) is 5.92. The summed E-state index contributed by atoms with van der Waals surface area (Å²) >= 11 is 1.60. The number of aromatic nitrogens is 1. The summed E-state index contributed by atoms with van der Waals surface area (Å²) in [4.78, 5) is 18.6. The number of rotatable bonds is 5. The highest BCUT2D eigenvalue weighted by molar-refractivity contribution is 7.09. The molecule has 0 aliphatic rings. The summed E-state index contributed by atoms with van der Waals surface area (Å²) in [5.41, 5.74) is 7.81. The van der Waals surface area contributed by atoms with Gasteiger partial charge in [-0.3, -0.25) is 4.79 Å². The molecule has 0 radical (unpaired) electrons. The molecule has 0 saturated heterocycles. The van der Waals surface area contributed by atoms with E-state index in [-0.39, 0.29) is 11.8 Å².